The molecular formula is C17H17N5O3S2. The normalized spacial score (nSPS) is 15.0. The van der Waals surface area contributed by atoms with Gasteiger partial charge in [0.05, 0.1) is 36.2 Å². The van der Waals surface area contributed by atoms with Crippen molar-refractivity contribution in [2.45, 2.75) is 11.1 Å². The zero-order valence-corrected chi connectivity index (χ0v) is 16.2. The highest BCUT2D eigenvalue weighted by Crippen LogP contribution is 2.32. The van der Waals surface area contributed by atoms with Gasteiger partial charge in [-0.3, -0.25) is 4.72 Å². The van der Waals surface area contributed by atoms with Crippen LogP contribution in [-0.4, -0.2) is 44.7 Å². The maximum absolute atomic E-state index is 12.8. The van der Waals surface area contributed by atoms with Gasteiger partial charge in [0.1, 0.15) is 6.07 Å². The third-order valence-electron chi connectivity index (χ3n) is 4.43. The minimum Gasteiger partial charge on any atom is -0.378 e. The summed E-state index contributed by atoms with van der Waals surface area (Å²) in [4.78, 5) is 9.27. The number of H-pyrrole nitrogens is 1. The van der Waals surface area contributed by atoms with Crippen LogP contribution >= 0.6 is 11.3 Å². The minimum atomic E-state index is -3.79. The Labute approximate surface area is 160 Å². The number of thiazole rings is 1. The predicted molar refractivity (Wildman–Crippen MR) is 104 cm³/mol. The van der Waals surface area contributed by atoms with Crippen LogP contribution in [0.2, 0.25) is 0 Å². The fourth-order valence-corrected chi connectivity index (χ4v) is 5.31. The molecule has 0 saturated carbocycles. The van der Waals surface area contributed by atoms with Crippen LogP contribution in [0.1, 0.15) is 11.1 Å². The van der Waals surface area contributed by atoms with E-state index in [0.29, 0.717) is 48.2 Å². The number of ether oxygens (including phenoxy) is 1. The van der Waals surface area contributed by atoms with Gasteiger partial charge in [-0.2, -0.15) is 5.26 Å². The van der Waals surface area contributed by atoms with Gasteiger partial charge < -0.3 is 14.6 Å². The second-order valence-corrected chi connectivity index (χ2v) is 9.08. The van der Waals surface area contributed by atoms with Crippen LogP contribution < -0.4 is 9.62 Å². The van der Waals surface area contributed by atoms with Crippen LogP contribution in [0.3, 0.4) is 0 Å². The first-order chi connectivity index (χ1) is 13.0. The topological polar surface area (TPSA) is 111 Å². The number of aromatic amines is 1. The highest BCUT2D eigenvalue weighted by atomic mass is 32.2. The largest absolute Gasteiger partial charge is 0.378 e. The Hall–Kier alpha value is -2.61. The molecule has 0 atom stereocenters. The highest BCUT2D eigenvalue weighted by molar-refractivity contribution is 7.94. The number of nitrogens with one attached hydrogen (secondary N) is 2. The summed E-state index contributed by atoms with van der Waals surface area (Å²) in [5, 5.41) is 10.6. The fourth-order valence-electron chi connectivity index (χ4n) is 3.06. The molecule has 27 heavy (non-hydrogen) atoms. The number of sulfonamides is 1. The van der Waals surface area contributed by atoms with Crippen molar-refractivity contribution in [1.82, 2.24) is 9.97 Å². The zero-order valence-electron chi connectivity index (χ0n) is 14.5. The van der Waals surface area contributed by atoms with E-state index in [9.17, 15) is 13.7 Å². The number of hydrogen-bond donors (Lipinski definition) is 2. The van der Waals surface area contributed by atoms with Crippen molar-refractivity contribution in [1.29, 1.82) is 5.26 Å². The number of morpholine rings is 1. The van der Waals surface area contributed by atoms with Crippen LogP contribution in [0.5, 0.6) is 0 Å². The van der Waals surface area contributed by atoms with Gasteiger partial charge in [-0.15, -0.1) is 0 Å². The number of aromatic nitrogens is 2. The average molecular weight is 403 g/mol. The summed E-state index contributed by atoms with van der Waals surface area (Å²) in [6, 6.07) is 5.60. The number of anilines is 2. The second-order valence-electron chi connectivity index (χ2n) is 6.16. The molecule has 2 N–H and O–H groups in total. The van der Waals surface area contributed by atoms with Crippen molar-refractivity contribution in [3.8, 4) is 6.07 Å². The van der Waals surface area contributed by atoms with E-state index in [1.807, 2.05) is 11.8 Å². The standard InChI is InChI=1S/C17H17N5O3S2/c1-11-2-3-13(16-15(11)12(8-18)9-19-16)21-27(23,24)14-10-20-17(26-14)22-4-6-25-7-5-22/h2-3,9-10,19,21H,4-7H2,1H3. The Morgan fingerprint density at radius 2 is 2.15 bits per heavy atom. The molecule has 10 heteroatoms. The summed E-state index contributed by atoms with van der Waals surface area (Å²) < 4.78 is 33.8. The van der Waals surface area contributed by atoms with E-state index in [4.69, 9.17) is 4.74 Å². The lowest BCUT2D eigenvalue weighted by Gasteiger charge is -2.25. The summed E-state index contributed by atoms with van der Waals surface area (Å²) >= 11 is 1.13. The van der Waals surface area contributed by atoms with Crippen molar-refractivity contribution in [3.63, 3.8) is 0 Å². The molecule has 0 amide bonds. The van der Waals surface area contributed by atoms with Gasteiger partial charge in [-0.05, 0) is 18.6 Å². The van der Waals surface area contributed by atoms with E-state index >= 15 is 0 Å². The maximum Gasteiger partial charge on any atom is 0.273 e. The Kier molecular flexibility index (Phi) is 4.51. The lowest BCUT2D eigenvalue weighted by Crippen LogP contribution is -2.36. The molecule has 0 spiro atoms. The van der Waals surface area contributed by atoms with Crippen LogP contribution in [-0.2, 0) is 14.8 Å². The number of nitrogens with zero attached hydrogens (tertiary/aromatic N) is 3. The van der Waals surface area contributed by atoms with Crippen LogP contribution in [0.15, 0.2) is 28.7 Å². The van der Waals surface area contributed by atoms with Crippen molar-refractivity contribution >= 4 is 43.1 Å². The summed E-state index contributed by atoms with van der Waals surface area (Å²) in [6.07, 6.45) is 2.96. The Morgan fingerprint density at radius 3 is 2.89 bits per heavy atom. The molecule has 3 aromatic rings. The average Bonchev–Trinajstić information content (AvgIpc) is 3.32. The van der Waals surface area contributed by atoms with Gasteiger partial charge in [-0.25, -0.2) is 13.4 Å². The van der Waals surface area contributed by atoms with Crippen LogP contribution in [0, 0.1) is 18.3 Å². The highest BCUT2D eigenvalue weighted by Gasteiger charge is 2.23. The van der Waals surface area contributed by atoms with Gasteiger partial charge in [0.2, 0.25) is 0 Å². The summed E-state index contributed by atoms with van der Waals surface area (Å²) in [5.74, 6) is 0. The molecule has 1 aromatic carbocycles. The molecule has 1 saturated heterocycles. The Morgan fingerprint density at radius 1 is 1.37 bits per heavy atom. The molecule has 1 fully saturated rings. The molecule has 2 aromatic heterocycles. The van der Waals surface area contributed by atoms with E-state index < -0.39 is 10.0 Å². The molecule has 1 aliphatic heterocycles. The van der Waals surface area contributed by atoms with E-state index in [1.54, 1.807) is 18.3 Å². The fraction of sp³-hybridized carbons (Fsp3) is 0.294. The van der Waals surface area contributed by atoms with E-state index in [1.165, 1.54) is 6.20 Å². The molecule has 0 unspecified atom stereocenters. The lowest BCUT2D eigenvalue weighted by atomic mass is 10.1. The number of aryl methyl sites for hydroxylation is 1. The number of rotatable bonds is 4. The van der Waals surface area contributed by atoms with Gasteiger partial charge in [-0.1, -0.05) is 17.4 Å². The molecule has 1 aliphatic rings. The summed E-state index contributed by atoms with van der Waals surface area (Å²) in [5.41, 5.74) is 2.38. The smallest absolute Gasteiger partial charge is 0.273 e. The van der Waals surface area contributed by atoms with Gasteiger partial charge in [0.25, 0.3) is 10.0 Å². The van der Waals surface area contributed by atoms with Gasteiger partial charge in [0, 0.05) is 24.7 Å². The van der Waals surface area contributed by atoms with E-state index in [-0.39, 0.29) is 4.21 Å². The summed E-state index contributed by atoms with van der Waals surface area (Å²) in [6.45, 7) is 4.48. The summed E-state index contributed by atoms with van der Waals surface area (Å²) in [7, 11) is -3.79. The molecule has 8 nitrogen and oxygen atoms in total. The van der Waals surface area contributed by atoms with Crippen molar-refractivity contribution < 1.29 is 13.2 Å². The number of benzene rings is 1. The van der Waals surface area contributed by atoms with E-state index in [2.05, 4.69) is 20.8 Å². The quantitative estimate of drug-likeness (QED) is 0.692. The van der Waals surface area contributed by atoms with E-state index in [0.717, 1.165) is 22.3 Å². The molecule has 140 valence electrons. The van der Waals surface area contributed by atoms with Crippen molar-refractivity contribution in [3.05, 3.63) is 35.7 Å². The molecule has 0 radical (unpaired) electrons. The van der Waals surface area contributed by atoms with Gasteiger partial charge >= 0.3 is 0 Å². The van der Waals surface area contributed by atoms with Crippen molar-refractivity contribution in [2.24, 2.45) is 0 Å². The van der Waals surface area contributed by atoms with Gasteiger partial charge in [0.15, 0.2) is 9.34 Å². The Balaban J connectivity index is 1.65. The second kappa shape index (κ2) is 6.84. The SMILES string of the molecule is Cc1ccc(NS(=O)(=O)c2cnc(N3CCOCC3)s2)c2[nH]cc(C#N)c12. The molecule has 0 aliphatic carbocycles. The number of nitriles is 1. The molecule has 3 heterocycles. The van der Waals surface area contributed by atoms with Crippen LogP contribution in [0.4, 0.5) is 10.8 Å². The first-order valence-electron chi connectivity index (χ1n) is 8.32. The Bertz CT molecular complexity index is 1140. The number of fused-ring (bicyclic) bond motifs is 1. The molecule has 4 rings (SSSR count). The van der Waals surface area contributed by atoms with Crippen LogP contribution in [0.25, 0.3) is 10.9 Å². The lowest BCUT2D eigenvalue weighted by molar-refractivity contribution is 0.122. The number of hydrogen-bond acceptors (Lipinski definition) is 7. The monoisotopic (exact) mass is 403 g/mol. The maximum atomic E-state index is 12.8. The van der Waals surface area contributed by atoms with Crippen molar-refractivity contribution in [2.75, 3.05) is 35.9 Å². The third kappa shape index (κ3) is 3.25. The first kappa shape index (κ1) is 17.8. The zero-order chi connectivity index (χ0) is 19.0. The predicted octanol–water partition coefficient (Wildman–Crippen LogP) is 2.44. The third-order valence-corrected chi connectivity index (χ3v) is 7.31. The first-order valence-corrected chi connectivity index (χ1v) is 10.6. The molecular weight excluding hydrogens is 386 g/mol. The molecule has 0 bridgehead atoms. The minimum absolute atomic E-state index is 0.143.